The average molecular weight is 179 g/mol. The first-order valence-electron chi connectivity index (χ1n) is 4.08. The van der Waals surface area contributed by atoms with Crippen LogP contribution in [0.1, 0.15) is 5.56 Å². The quantitative estimate of drug-likeness (QED) is 0.462. The first kappa shape index (κ1) is 8.04. The Labute approximate surface area is 75.5 Å². The summed E-state index contributed by atoms with van der Waals surface area (Å²) in [5, 5.41) is 7.27. The Morgan fingerprint density at radius 3 is 3.00 bits per heavy atom. The molecule has 0 amide bonds. The maximum Gasteiger partial charge on any atom is 0.192 e. The molecule has 1 aliphatic heterocycles. The van der Waals surface area contributed by atoms with Gasteiger partial charge in [-0.25, -0.2) is 4.39 Å². The van der Waals surface area contributed by atoms with E-state index in [1.54, 1.807) is 11.0 Å². The van der Waals surface area contributed by atoms with Gasteiger partial charge in [0.1, 0.15) is 5.82 Å². The molecule has 1 aromatic carbocycles. The Hall–Kier alpha value is -1.58. The van der Waals surface area contributed by atoms with Crippen LogP contribution in [0.15, 0.2) is 18.2 Å². The first-order valence-corrected chi connectivity index (χ1v) is 4.08. The second kappa shape index (κ2) is 2.73. The highest BCUT2D eigenvalue weighted by atomic mass is 19.1. The predicted octanol–water partition coefficient (Wildman–Crippen LogP) is 1.08. The molecule has 0 radical (unpaired) electrons. The molecule has 1 heterocycles. The summed E-state index contributed by atoms with van der Waals surface area (Å²) in [5.74, 6) is -0.309. The zero-order valence-electron chi connectivity index (χ0n) is 7.05. The van der Waals surface area contributed by atoms with Crippen LogP contribution in [0.2, 0.25) is 0 Å². The minimum atomic E-state index is -0.285. The molecule has 0 spiro atoms. The number of rotatable bonds is 0. The lowest BCUT2D eigenvalue weighted by atomic mass is 10.2. The van der Waals surface area contributed by atoms with Crippen molar-refractivity contribution in [2.75, 3.05) is 11.4 Å². The van der Waals surface area contributed by atoms with Gasteiger partial charge in [0, 0.05) is 12.2 Å². The van der Waals surface area contributed by atoms with Gasteiger partial charge < -0.3 is 10.6 Å². The molecular weight excluding hydrogens is 169 g/mol. The number of nitrogens with zero attached hydrogens (tertiary/aromatic N) is 1. The molecule has 68 valence electrons. The second-order valence-corrected chi connectivity index (χ2v) is 3.06. The SMILES string of the molecule is N=C(N)N1CCc2ccc(F)cc21. The van der Waals surface area contributed by atoms with Crippen LogP contribution < -0.4 is 10.6 Å². The van der Waals surface area contributed by atoms with Crippen LogP contribution in [-0.2, 0) is 6.42 Å². The van der Waals surface area contributed by atoms with Gasteiger partial charge in [-0.05, 0) is 24.1 Å². The molecule has 2 rings (SSSR count). The number of hydrogen-bond acceptors (Lipinski definition) is 1. The zero-order chi connectivity index (χ0) is 9.42. The summed E-state index contributed by atoms with van der Waals surface area (Å²) >= 11 is 0. The van der Waals surface area contributed by atoms with Crippen molar-refractivity contribution < 1.29 is 4.39 Å². The van der Waals surface area contributed by atoms with E-state index in [4.69, 9.17) is 11.1 Å². The van der Waals surface area contributed by atoms with Crippen molar-refractivity contribution in [2.45, 2.75) is 6.42 Å². The fraction of sp³-hybridized carbons (Fsp3) is 0.222. The van der Waals surface area contributed by atoms with Crippen molar-refractivity contribution in [1.82, 2.24) is 0 Å². The monoisotopic (exact) mass is 179 g/mol. The fourth-order valence-corrected chi connectivity index (χ4v) is 1.60. The number of anilines is 1. The van der Waals surface area contributed by atoms with E-state index in [-0.39, 0.29) is 11.8 Å². The zero-order valence-corrected chi connectivity index (χ0v) is 7.05. The molecule has 1 aliphatic rings. The Balaban J connectivity index is 2.46. The minimum Gasteiger partial charge on any atom is -0.370 e. The smallest absolute Gasteiger partial charge is 0.192 e. The summed E-state index contributed by atoms with van der Waals surface area (Å²) in [5.41, 5.74) is 7.13. The maximum atomic E-state index is 12.9. The molecule has 0 saturated heterocycles. The third-order valence-electron chi connectivity index (χ3n) is 2.23. The highest BCUT2D eigenvalue weighted by Crippen LogP contribution is 2.27. The van der Waals surface area contributed by atoms with Crippen molar-refractivity contribution in [3.8, 4) is 0 Å². The van der Waals surface area contributed by atoms with Gasteiger partial charge in [-0.1, -0.05) is 6.07 Å². The van der Waals surface area contributed by atoms with E-state index in [0.29, 0.717) is 6.54 Å². The van der Waals surface area contributed by atoms with Crippen LogP contribution in [0.5, 0.6) is 0 Å². The van der Waals surface area contributed by atoms with Crippen molar-refractivity contribution in [2.24, 2.45) is 5.73 Å². The van der Waals surface area contributed by atoms with E-state index in [2.05, 4.69) is 0 Å². The number of nitrogens with two attached hydrogens (primary N) is 1. The molecule has 0 atom stereocenters. The third-order valence-corrected chi connectivity index (χ3v) is 2.23. The van der Waals surface area contributed by atoms with Gasteiger partial charge in [-0.3, -0.25) is 5.41 Å². The summed E-state index contributed by atoms with van der Waals surface area (Å²) in [4.78, 5) is 1.61. The lowest BCUT2D eigenvalue weighted by Gasteiger charge is -2.16. The van der Waals surface area contributed by atoms with Crippen LogP contribution in [0.25, 0.3) is 0 Å². The number of halogens is 1. The summed E-state index contributed by atoms with van der Waals surface area (Å²) in [6.45, 7) is 0.675. The van der Waals surface area contributed by atoms with Gasteiger partial charge in [0.05, 0.1) is 0 Å². The van der Waals surface area contributed by atoms with Gasteiger partial charge in [0.25, 0.3) is 0 Å². The average Bonchev–Trinajstić information content (AvgIpc) is 2.46. The van der Waals surface area contributed by atoms with Gasteiger partial charge in [0.15, 0.2) is 5.96 Å². The standard InChI is InChI=1S/C9H10FN3/c10-7-2-1-6-3-4-13(9(11)12)8(6)5-7/h1-2,5H,3-4H2,(H3,11,12). The van der Waals surface area contributed by atoms with E-state index in [9.17, 15) is 4.39 Å². The van der Waals surface area contributed by atoms with E-state index in [0.717, 1.165) is 17.7 Å². The van der Waals surface area contributed by atoms with Gasteiger partial charge >= 0.3 is 0 Å². The highest BCUT2D eigenvalue weighted by Gasteiger charge is 2.20. The summed E-state index contributed by atoms with van der Waals surface area (Å²) in [6, 6.07) is 4.60. The molecule has 3 nitrogen and oxygen atoms in total. The fourth-order valence-electron chi connectivity index (χ4n) is 1.60. The van der Waals surface area contributed by atoms with E-state index in [1.807, 2.05) is 0 Å². The molecule has 1 aromatic rings. The molecule has 0 fully saturated rings. The van der Waals surface area contributed by atoms with Crippen LogP contribution in [0, 0.1) is 11.2 Å². The number of benzene rings is 1. The van der Waals surface area contributed by atoms with Crippen LogP contribution in [0.4, 0.5) is 10.1 Å². The van der Waals surface area contributed by atoms with E-state index >= 15 is 0 Å². The summed E-state index contributed by atoms with van der Waals surface area (Å²) in [7, 11) is 0. The van der Waals surface area contributed by atoms with Crippen molar-refractivity contribution in [3.05, 3.63) is 29.6 Å². The third kappa shape index (κ3) is 1.24. The van der Waals surface area contributed by atoms with Crippen LogP contribution in [0.3, 0.4) is 0 Å². The summed E-state index contributed by atoms with van der Waals surface area (Å²) in [6.07, 6.45) is 0.829. The Bertz CT molecular complexity index is 362. The van der Waals surface area contributed by atoms with Crippen molar-refractivity contribution in [3.63, 3.8) is 0 Å². The normalized spacial score (nSPS) is 14.4. The van der Waals surface area contributed by atoms with Gasteiger partial charge in [0.2, 0.25) is 0 Å². The topological polar surface area (TPSA) is 53.1 Å². The number of guanidine groups is 1. The Morgan fingerprint density at radius 1 is 1.54 bits per heavy atom. The highest BCUT2D eigenvalue weighted by molar-refractivity contribution is 5.94. The molecule has 4 heteroatoms. The van der Waals surface area contributed by atoms with Gasteiger partial charge in [-0.15, -0.1) is 0 Å². The van der Waals surface area contributed by atoms with Crippen molar-refractivity contribution in [1.29, 1.82) is 5.41 Å². The van der Waals surface area contributed by atoms with Crippen LogP contribution >= 0.6 is 0 Å². The molecule has 3 N–H and O–H groups in total. The van der Waals surface area contributed by atoms with E-state index < -0.39 is 0 Å². The minimum absolute atomic E-state index is 0.0237. The van der Waals surface area contributed by atoms with Crippen LogP contribution in [-0.4, -0.2) is 12.5 Å². The molecule has 0 aliphatic carbocycles. The molecule has 13 heavy (non-hydrogen) atoms. The predicted molar refractivity (Wildman–Crippen MR) is 49.4 cm³/mol. The summed E-state index contributed by atoms with van der Waals surface area (Å²) < 4.78 is 12.9. The number of hydrogen-bond donors (Lipinski definition) is 2. The Kier molecular flexibility index (Phi) is 1.69. The molecule has 0 bridgehead atoms. The lowest BCUT2D eigenvalue weighted by molar-refractivity contribution is 0.628. The first-order chi connectivity index (χ1) is 6.18. The molecule has 0 aromatic heterocycles. The molecular formula is C9H10FN3. The van der Waals surface area contributed by atoms with Gasteiger partial charge in [-0.2, -0.15) is 0 Å². The van der Waals surface area contributed by atoms with Crippen molar-refractivity contribution >= 4 is 11.6 Å². The van der Waals surface area contributed by atoms with E-state index in [1.165, 1.54) is 12.1 Å². The number of nitrogens with one attached hydrogen (secondary N) is 1. The largest absolute Gasteiger partial charge is 0.370 e. The molecule has 0 saturated carbocycles. The molecule has 0 unspecified atom stereocenters. The number of fused-ring (bicyclic) bond motifs is 1. The maximum absolute atomic E-state index is 12.9. The Morgan fingerprint density at radius 2 is 2.31 bits per heavy atom. The lowest BCUT2D eigenvalue weighted by Crippen LogP contribution is -2.34. The second-order valence-electron chi connectivity index (χ2n) is 3.06.